The first-order chi connectivity index (χ1) is 18.0. The molecule has 2 heterocycles. The molecule has 37 heavy (non-hydrogen) atoms. The SMILES string of the molecule is CCCN(CCCNC)CCCNC(=O)NCCCC1OCC2(COC(CCCNC(C)=O)OC2)CO1. The van der Waals surface area contributed by atoms with E-state index in [-0.39, 0.29) is 29.9 Å². The van der Waals surface area contributed by atoms with Crippen LogP contribution >= 0.6 is 0 Å². The van der Waals surface area contributed by atoms with Gasteiger partial charge in [-0.3, -0.25) is 4.79 Å². The summed E-state index contributed by atoms with van der Waals surface area (Å²) >= 11 is 0. The molecule has 2 saturated heterocycles. The molecule has 0 aromatic carbocycles. The largest absolute Gasteiger partial charge is 0.356 e. The molecule has 2 aliphatic rings. The van der Waals surface area contributed by atoms with Crippen LogP contribution in [-0.4, -0.2) is 109 Å². The third-order valence-electron chi connectivity index (χ3n) is 6.57. The van der Waals surface area contributed by atoms with Crippen molar-refractivity contribution in [3.05, 3.63) is 0 Å². The zero-order valence-electron chi connectivity index (χ0n) is 23.3. The Morgan fingerprint density at radius 2 is 1.24 bits per heavy atom. The average molecular weight is 530 g/mol. The number of hydrogen-bond donors (Lipinski definition) is 4. The summed E-state index contributed by atoms with van der Waals surface area (Å²) < 4.78 is 23.6. The lowest BCUT2D eigenvalue weighted by molar-refractivity contribution is -0.304. The van der Waals surface area contributed by atoms with Crippen LogP contribution < -0.4 is 21.3 Å². The van der Waals surface area contributed by atoms with E-state index in [1.807, 2.05) is 7.05 Å². The predicted octanol–water partition coefficient (Wildman–Crippen LogP) is 1.43. The molecule has 0 aliphatic carbocycles. The summed E-state index contributed by atoms with van der Waals surface area (Å²) in [5.41, 5.74) is -0.262. The minimum atomic E-state index is -0.265. The minimum absolute atomic E-state index is 0.0225. The van der Waals surface area contributed by atoms with Gasteiger partial charge in [0.25, 0.3) is 0 Å². The van der Waals surface area contributed by atoms with Crippen molar-refractivity contribution in [2.24, 2.45) is 5.41 Å². The third kappa shape index (κ3) is 13.7. The molecule has 0 radical (unpaired) electrons. The summed E-state index contributed by atoms with van der Waals surface area (Å²) in [6, 6.07) is -0.121. The lowest BCUT2D eigenvalue weighted by Crippen LogP contribution is -2.52. The van der Waals surface area contributed by atoms with Crippen molar-refractivity contribution in [3.63, 3.8) is 0 Å². The Balaban J connectivity index is 1.47. The normalized spacial score (nSPS) is 23.8. The van der Waals surface area contributed by atoms with Crippen LogP contribution in [-0.2, 0) is 23.7 Å². The van der Waals surface area contributed by atoms with Gasteiger partial charge in [-0.15, -0.1) is 0 Å². The fourth-order valence-electron chi connectivity index (χ4n) is 4.46. The van der Waals surface area contributed by atoms with Crippen molar-refractivity contribution in [1.82, 2.24) is 26.2 Å². The van der Waals surface area contributed by atoms with Gasteiger partial charge in [0.15, 0.2) is 12.6 Å². The zero-order chi connectivity index (χ0) is 26.8. The van der Waals surface area contributed by atoms with Crippen molar-refractivity contribution in [1.29, 1.82) is 0 Å². The molecule has 11 nitrogen and oxygen atoms in total. The molecular weight excluding hydrogens is 478 g/mol. The second-order valence-corrected chi connectivity index (χ2v) is 10.2. The third-order valence-corrected chi connectivity index (χ3v) is 6.57. The van der Waals surface area contributed by atoms with E-state index in [0.717, 1.165) is 71.1 Å². The van der Waals surface area contributed by atoms with Gasteiger partial charge < -0.3 is 45.1 Å². The monoisotopic (exact) mass is 529 g/mol. The number of amides is 3. The number of urea groups is 1. The van der Waals surface area contributed by atoms with Crippen molar-refractivity contribution in [2.75, 3.05) is 79.3 Å². The van der Waals surface area contributed by atoms with Gasteiger partial charge in [0.1, 0.15) is 0 Å². The van der Waals surface area contributed by atoms with Gasteiger partial charge in [0.05, 0.1) is 31.8 Å². The lowest BCUT2D eigenvalue weighted by Gasteiger charge is -2.43. The van der Waals surface area contributed by atoms with E-state index >= 15 is 0 Å². The maximum atomic E-state index is 12.1. The molecule has 0 saturated carbocycles. The van der Waals surface area contributed by atoms with Crippen molar-refractivity contribution in [2.45, 2.75) is 71.4 Å². The van der Waals surface area contributed by atoms with Crippen LogP contribution in [0.2, 0.25) is 0 Å². The molecule has 0 atom stereocenters. The van der Waals surface area contributed by atoms with Crippen LogP contribution in [0.4, 0.5) is 4.79 Å². The molecule has 216 valence electrons. The molecule has 0 unspecified atom stereocenters. The molecule has 2 aliphatic heterocycles. The zero-order valence-corrected chi connectivity index (χ0v) is 23.3. The van der Waals surface area contributed by atoms with E-state index in [4.69, 9.17) is 18.9 Å². The highest BCUT2D eigenvalue weighted by atomic mass is 16.7. The highest BCUT2D eigenvalue weighted by Crippen LogP contribution is 2.31. The molecule has 2 fully saturated rings. The second-order valence-electron chi connectivity index (χ2n) is 10.2. The summed E-state index contributed by atoms with van der Waals surface area (Å²) in [7, 11) is 1.98. The van der Waals surface area contributed by atoms with E-state index in [2.05, 4.69) is 33.1 Å². The summed E-state index contributed by atoms with van der Waals surface area (Å²) in [4.78, 5) is 25.5. The Morgan fingerprint density at radius 3 is 1.73 bits per heavy atom. The number of rotatable bonds is 18. The fourth-order valence-corrected chi connectivity index (χ4v) is 4.46. The summed E-state index contributed by atoms with van der Waals surface area (Å²) in [6.45, 7) is 12.0. The Kier molecular flexibility index (Phi) is 16.0. The van der Waals surface area contributed by atoms with Gasteiger partial charge in [0, 0.05) is 39.4 Å². The molecule has 3 amide bonds. The van der Waals surface area contributed by atoms with Crippen molar-refractivity contribution in [3.8, 4) is 0 Å². The van der Waals surface area contributed by atoms with E-state index < -0.39 is 0 Å². The van der Waals surface area contributed by atoms with E-state index in [1.54, 1.807) is 0 Å². The van der Waals surface area contributed by atoms with Gasteiger partial charge in [-0.1, -0.05) is 6.92 Å². The topological polar surface area (TPSA) is 122 Å². The maximum absolute atomic E-state index is 12.1. The summed E-state index contributed by atoms with van der Waals surface area (Å²) in [6.07, 6.45) is 5.79. The maximum Gasteiger partial charge on any atom is 0.314 e. The van der Waals surface area contributed by atoms with Gasteiger partial charge in [0.2, 0.25) is 5.91 Å². The van der Waals surface area contributed by atoms with Crippen molar-refractivity contribution < 1.29 is 28.5 Å². The summed E-state index contributed by atoms with van der Waals surface area (Å²) in [5, 5.41) is 11.8. The van der Waals surface area contributed by atoms with Crippen LogP contribution in [0.25, 0.3) is 0 Å². The highest BCUT2D eigenvalue weighted by molar-refractivity contribution is 5.73. The standard InChI is InChI=1S/C26H51N5O6/c1-4-15-31(16-7-11-27-3)17-8-14-30-25(33)29-13-6-10-24-36-20-26(21-37-24)18-34-23(35-19-26)9-5-12-28-22(2)32/h23-24,27H,4-21H2,1-3H3,(H,28,32)(H2,29,30,33). The quantitative estimate of drug-likeness (QED) is 0.197. The highest BCUT2D eigenvalue weighted by Gasteiger charge is 2.41. The van der Waals surface area contributed by atoms with Gasteiger partial charge in [-0.2, -0.15) is 0 Å². The van der Waals surface area contributed by atoms with E-state index in [0.29, 0.717) is 46.1 Å². The number of nitrogens with zero attached hydrogens (tertiary/aromatic N) is 1. The molecule has 0 aromatic heterocycles. The first-order valence-electron chi connectivity index (χ1n) is 14.1. The predicted molar refractivity (Wildman–Crippen MR) is 142 cm³/mol. The smallest absolute Gasteiger partial charge is 0.314 e. The molecule has 2 rings (SSSR count). The van der Waals surface area contributed by atoms with Crippen LogP contribution in [0, 0.1) is 5.41 Å². The number of carbonyl (C=O) groups excluding carboxylic acids is 2. The molecule has 4 N–H and O–H groups in total. The average Bonchev–Trinajstić information content (AvgIpc) is 2.89. The lowest BCUT2D eigenvalue weighted by atomic mass is 9.90. The number of nitrogens with one attached hydrogen (secondary N) is 4. The Hall–Kier alpha value is -1.50. The van der Waals surface area contributed by atoms with E-state index in [1.165, 1.54) is 6.92 Å². The molecular formula is C26H51N5O6. The number of ether oxygens (including phenoxy) is 4. The molecule has 1 spiro atoms. The molecule has 11 heteroatoms. The van der Waals surface area contributed by atoms with Gasteiger partial charge in [-0.25, -0.2) is 4.79 Å². The van der Waals surface area contributed by atoms with Crippen LogP contribution in [0.15, 0.2) is 0 Å². The van der Waals surface area contributed by atoms with Gasteiger partial charge >= 0.3 is 6.03 Å². The Bertz CT molecular complexity index is 623. The number of carbonyl (C=O) groups is 2. The number of hydrogen-bond acceptors (Lipinski definition) is 8. The Labute approximate surface area is 223 Å². The van der Waals surface area contributed by atoms with E-state index in [9.17, 15) is 9.59 Å². The summed E-state index contributed by atoms with van der Waals surface area (Å²) in [5.74, 6) is -0.0225. The fraction of sp³-hybridized carbons (Fsp3) is 0.923. The minimum Gasteiger partial charge on any atom is -0.356 e. The van der Waals surface area contributed by atoms with Crippen LogP contribution in [0.1, 0.15) is 58.8 Å². The first-order valence-corrected chi connectivity index (χ1v) is 14.1. The second kappa shape index (κ2) is 18.7. The van der Waals surface area contributed by atoms with Crippen LogP contribution in [0.3, 0.4) is 0 Å². The first kappa shape index (κ1) is 31.7. The van der Waals surface area contributed by atoms with Crippen LogP contribution in [0.5, 0.6) is 0 Å². The molecule has 0 bridgehead atoms. The van der Waals surface area contributed by atoms with Gasteiger partial charge in [-0.05, 0) is 65.3 Å². The Morgan fingerprint density at radius 1 is 0.757 bits per heavy atom. The van der Waals surface area contributed by atoms with Crippen molar-refractivity contribution >= 4 is 11.9 Å². The molecule has 0 aromatic rings.